The molecular weight excluding hydrogens is 410 g/mol. The molecule has 31 heavy (non-hydrogen) atoms. The highest BCUT2D eigenvalue weighted by Gasteiger charge is 2.21. The van der Waals surface area contributed by atoms with Crippen molar-refractivity contribution in [3.05, 3.63) is 65.6 Å². The molecule has 2 aromatic heterocycles. The summed E-state index contributed by atoms with van der Waals surface area (Å²) in [7, 11) is 0. The molecule has 160 valence electrons. The number of halogens is 4. The number of piperazine rings is 1. The molecular formula is C22H19F4N5. The Bertz CT molecular complexity index is 1260. The summed E-state index contributed by atoms with van der Waals surface area (Å²) in [5, 5.41) is 0.791. The van der Waals surface area contributed by atoms with Crippen LogP contribution in [-0.2, 0) is 6.42 Å². The van der Waals surface area contributed by atoms with Crippen LogP contribution in [0.4, 0.5) is 23.2 Å². The highest BCUT2D eigenvalue weighted by molar-refractivity contribution is 5.91. The van der Waals surface area contributed by atoms with Crippen LogP contribution < -0.4 is 4.90 Å². The standard InChI is InChI=1S/C22H19F4N5/c23-13-1-2-16-14(11-13)18(3-5-27-16)31-9-7-30(8-10-31)6-4-19-28-17-12-15(24)20(25)21(26)22(17)29-19/h1-3,5,11-12H,4,6-10H2,(H,28,29). The first-order chi connectivity index (χ1) is 15.0. The number of nitrogens with zero attached hydrogens (tertiary/aromatic N) is 4. The van der Waals surface area contributed by atoms with Crippen LogP contribution in [0.5, 0.6) is 0 Å². The van der Waals surface area contributed by atoms with Crippen molar-refractivity contribution in [1.82, 2.24) is 19.9 Å². The quantitative estimate of drug-likeness (QED) is 0.393. The van der Waals surface area contributed by atoms with E-state index in [-0.39, 0.29) is 16.9 Å². The van der Waals surface area contributed by atoms with Gasteiger partial charge in [-0.1, -0.05) is 0 Å². The number of aromatic nitrogens is 3. The third kappa shape index (κ3) is 3.69. The number of imidazole rings is 1. The summed E-state index contributed by atoms with van der Waals surface area (Å²) in [6.45, 7) is 3.78. The maximum absolute atomic E-state index is 13.9. The maximum atomic E-state index is 13.9. The smallest absolute Gasteiger partial charge is 0.196 e. The molecule has 0 unspecified atom stereocenters. The van der Waals surface area contributed by atoms with Gasteiger partial charge in [0, 0.05) is 62.5 Å². The van der Waals surface area contributed by atoms with E-state index in [1.807, 2.05) is 6.07 Å². The number of H-pyrrole nitrogens is 1. The molecule has 1 aliphatic rings. The molecule has 9 heteroatoms. The van der Waals surface area contributed by atoms with Gasteiger partial charge in [-0.2, -0.15) is 0 Å². The molecule has 1 aliphatic heterocycles. The zero-order valence-corrected chi connectivity index (χ0v) is 16.5. The molecule has 0 amide bonds. The topological polar surface area (TPSA) is 48.1 Å². The van der Waals surface area contributed by atoms with Crippen molar-refractivity contribution in [3.8, 4) is 0 Å². The number of aromatic amines is 1. The molecule has 2 aromatic carbocycles. The Morgan fingerprint density at radius 3 is 2.55 bits per heavy atom. The molecule has 3 heterocycles. The van der Waals surface area contributed by atoms with E-state index < -0.39 is 17.5 Å². The Morgan fingerprint density at radius 1 is 0.935 bits per heavy atom. The first kappa shape index (κ1) is 19.7. The summed E-state index contributed by atoms with van der Waals surface area (Å²) < 4.78 is 54.4. The summed E-state index contributed by atoms with van der Waals surface area (Å²) in [5.74, 6) is -3.82. The van der Waals surface area contributed by atoms with Crippen molar-refractivity contribution in [2.45, 2.75) is 6.42 Å². The van der Waals surface area contributed by atoms with Crippen LogP contribution in [0.1, 0.15) is 5.82 Å². The van der Waals surface area contributed by atoms with Gasteiger partial charge in [0.25, 0.3) is 0 Å². The van der Waals surface area contributed by atoms with Gasteiger partial charge in [0.1, 0.15) is 17.2 Å². The molecule has 5 nitrogen and oxygen atoms in total. The number of rotatable bonds is 4. The molecule has 0 bridgehead atoms. The van der Waals surface area contributed by atoms with E-state index >= 15 is 0 Å². The molecule has 1 N–H and O–H groups in total. The molecule has 1 saturated heterocycles. The van der Waals surface area contributed by atoms with Crippen molar-refractivity contribution >= 4 is 27.6 Å². The number of hydrogen-bond donors (Lipinski definition) is 1. The largest absolute Gasteiger partial charge is 0.368 e. The maximum Gasteiger partial charge on any atom is 0.196 e. The molecule has 0 saturated carbocycles. The van der Waals surface area contributed by atoms with Gasteiger partial charge < -0.3 is 9.88 Å². The summed E-state index contributed by atoms with van der Waals surface area (Å²) in [5.41, 5.74) is 1.68. The Morgan fingerprint density at radius 2 is 1.74 bits per heavy atom. The van der Waals surface area contributed by atoms with Crippen LogP contribution in [0.3, 0.4) is 0 Å². The third-order valence-electron chi connectivity index (χ3n) is 5.72. The summed E-state index contributed by atoms with van der Waals surface area (Å²) in [6, 6.07) is 7.42. The number of hydrogen-bond acceptors (Lipinski definition) is 4. The van der Waals surface area contributed by atoms with E-state index in [9.17, 15) is 17.6 Å². The second kappa shape index (κ2) is 7.81. The molecule has 1 fully saturated rings. The fourth-order valence-electron chi connectivity index (χ4n) is 4.08. The minimum atomic E-state index is -1.51. The molecule has 5 rings (SSSR count). The van der Waals surface area contributed by atoms with Crippen LogP contribution in [0.25, 0.3) is 21.9 Å². The summed E-state index contributed by atoms with van der Waals surface area (Å²) in [6.07, 6.45) is 2.23. The van der Waals surface area contributed by atoms with Crippen LogP contribution in [0.15, 0.2) is 36.5 Å². The lowest BCUT2D eigenvalue weighted by Gasteiger charge is -2.36. The van der Waals surface area contributed by atoms with Crippen LogP contribution in [0.2, 0.25) is 0 Å². The van der Waals surface area contributed by atoms with Gasteiger partial charge in [0.05, 0.1) is 11.0 Å². The van der Waals surface area contributed by atoms with E-state index in [4.69, 9.17) is 0 Å². The van der Waals surface area contributed by atoms with E-state index in [1.54, 1.807) is 12.3 Å². The highest BCUT2D eigenvalue weighted by atomic mass is 19.2. The number of nitrogens with one attached hydrogen (secondary N) is 1. The minimum Gasteiger partial charge on any atom is -0.368 e. The van der Waals surface area contributed by atoms with Gasteiger partial charge in [-0.3, -0.25) is 9.88 Å². The van der Waals surface area contributed by atoms with Crippen LogP contribution in [-0.4, -0.2) is 52.6 Å². The Labute approximate surface area is 175 Å². The molecule has 0 radical (unpaired) electrons. The minimum absolute atomic E-state index is 0.146. The third-order valence-corrected chi connectivity index (χ3v) is 5.72. The monoisotopic (exact) mass is 429 g/mol. The van der Waals surface area contributed by atoms with E-state index in [2.05, 4.69) is 24.8 Å². The van der Waals surface area contributed by atoms with E-state index in [0.717, 1.165) is 48.8 Å². The Balaban J connectivity index is 1.24. The lowest BCUT2D eigenvalue weighted by Crippen LogP contribution is -2.47. The van der Waals surface area contributed by atoms with Gasteiger partial charge in [-0.25, -0.2) is 22.5 Å². The Hall–Kier alpha value is -3.20. The second-order valence-corrected chi connectivity index (χ2v) is 7.64. The van der Waals surface area contributed by atoms with Crippen molar-refractivity contribution in [2.75, 3.05) is 37.6 Å². The van der Waals surface area contributed by atoms with Crippen molar-refractivity contribution in [3.63, 3.8) is 0 Å². The zero-order valence-electron chi connectivity index (χ0n) is 16.5. The molecule has 0 aliphatic carbocycles. The Kier molecular flexibility index (Phi) is 4.97. The van der Waals surface area contributed by atoms with Crippen molar-refractivity contribution < 1.29 is 17.6 Å². The normalized spacial score (nSPS) is 15.3. The number of anilines is 1. The lowest BCUT2D eigenvalue weighted by molar-refractivity contribution is 0.260. The van der Waals surface area contributed by atoms with Crippen LogP contribution >= 0.6 is 0 Å². The average molecular weight is 429 g/mol. The van der Waals surface area contributed by atoms with Gasteiger partial charge in [-0.15, -0.1) is 0 Å². The van der Waals surface area contributed by atoms with Crippen molar-refractivity contribution in [2.24, 2.45) is 0 Å². The highest BCUT2D eigenvalue weighted by Crippen LogP contribution is 2.27. The van der Waals surface area contributed by atoms with Gasteiger partial charge in [0.15, 0.2) is 17.5 Å². The summed E-state index contributed by atoms with van der Waals surface area (Å²) >= 11 is 0. The van der Waals surface area contributed by atoms with Gasteiger partial charge in [-0.05, 0) is 24.3 Å². The van der Waals surface area contributed by atoms with E-state index in [0.29, 0.717) is 18.8 Å². The predicted molar refractivity (Wildman–Crippen MR) is 110 cm³/mol. The average Bonchev–Trinajstić information content (AvgIpc) is 3.19. The van der Waals surface area contributed by atoms with Crippen molar-refractivity contribution in [1.29, 1.82) is 0 Å². The fraction of sp³-hybridized carbons (Fsp3) is 0.273. The molecule has 4 aromatic rings. The number of benzene rings is 2. The summed E-state index contributed by atoms with van der Waals surface area (Å²) in [4.78, 5) is 15.7. The SMILES string of the molecule is Fc1ccc2nccc(N3CCN(CCc4nc5c(F)c(F)c(F)cc5[nH]4)CC3)c2c1. The molecule has 0 spiro atoms. The zero-order chi connectivity index (χ0) is 21.5. The van der Waals surface area contributed by atoms with E-state index in [1.165, 1.54) is 12.1 Å². The second-order valence-electron chi connectivity index (χ2n) is 7.64. The van der Waals surface area contributed by atoms with Gasteiger partial charge >= 0.3 is 0 Å². The fourth-order valence-corrected chi connectivity index (χ4v) is 4.08. The van der Waals surface area contributed by atoms with Gasteiger partial charge in [0.2, 0.25) is 0 Å². The number of pyridine rings is 1. The van der Waals surface area contributed by atoms with Crippen LogP contribution in [0, 0.1) is 23.3 Å². The first-order valence-electron chi connectivity index (χ1n) is 10.0. The predicted octanol–water partition coefficient (Wildman–Crippen LogP) is 4.03. The number of fused-ring (bicyclic) bond motifs is 2. The molecule has 0 atom stereocenters. The first-order valence-corrected chi connectivity index (χ1v) is 10.0. The lowest BCUT2D eigenvalue weighted by atomic mass is 10.1.